The third-order valence-corrected chi connectivity index (χ3v) is 17.1. The highest BCUT2D eigenvalue weighted by Crippen LogP contribution is 2.51. The fourth-order valence-electron chi connectivity index (χ4n) is 13.2. The van der Waals surface area contributed by atoms with E-state index in [2.05, 4.69) is 84.9 Å². The summed E-state index contributed by atoms with van der Waals surface area (Å²) >= 11 is 0. The van der Waals surface area contributed by atoms with Gasteiger partial charge in [-0.15, -0.1) is 0 Å². The van der Waals surface area contributed by atoms with Crippen LogP contribution < -0.4 is 9.80 Å². The number of para-hydroxylation sites is 4. The summed E-state index contributed by atoms with van der Waals surface area (Å²) in [6.45, 7) is 3.35. The number of halogens is 6. The summed E-state index contributed by atoms with van der Waals surface area (Å²) in [6.07, 6.45) is 6.17. The van der Waals surface area contributed by atoms with Crippen LogP contribution in [-0.2, 0) is 6.18 Å². The average Bonchev–Trinajstić information content (AvgIpc) is 3.96. The van der Waals surface area contributed by atoms with Crippen LogP contribution in [0.25, 0.3) is 76.2 Å². The van der Waals surface area contributed by atoms with Gasteiger partial charge in [0, 0.05) is 49.3 Å². The summed E-state index contributed by atoms with van der Waals surface area (Å²) in [7, 11) is 0. The lowest BCUT2D eigenvalue weighted by Gasteiger charge is -2.29. The zero-order chi connectivity index (χ0) is 53.5. The first kappa shape index (κ1) is 49.8. The summed E-state index contributed by atoms with van der Waals surface area (Å²) < 4.78 is 100. The van der Waals surface area contributed by atoms with E-state index in [1.807, 2.05) is 53.1 Å². The maximum absolute atomic E-state index is 14.4. The predicted octanol–water partition coefficient (Wildman–Crippen LogP) is 22.3. The van der Waals surface area contributed by atoms with E-state index in [1.54, 1.807) is 6.08 Å². The first-order valence-electron chi connectivity index (χ1n) is 27.7. The number of furan rings is 2. The molecule has 394 valence electrons. The number of nitrogens with zero attached hydrogens (tertiary/aromatic N) is 2. The van der Waals surface area contributed by atoms with Gasteiger partial charge < -0.3 is 18.6 Å². The number of fused-ring (bicyclic) bond motifs is 6. The van der Waals surface area contributed by atoms with Gasteiger partial charge in [0.05, 0.1) is 28.3 Å². The summed E-state index contributed by atoms with van der Waals surface area (Å²) in [5.41, 5.74) is 7.88. The highest BCUT2D eigenvalue weighted by atomic mass is 19.4. The number of hydrogen-bond donors (Lipinski definition) is 0. The van der Waals surface area contributed by atoms with E-state index in [-0.39, 0.29) is 6.42 Å². The van der Waals surface area contributed by atoms with Crippen LogP contribution in [0.15, 0.2) is 178 Å². The Morgan fingerprint density at radius 2 is 0.936 bits per heavy atom. The molecule has 0 amide bonds. The van der Waals surface area contributed by atoms with Crippen molar-refractivity contribution in [2.45, 2.75) is 115 Å². The lowest BCUT2D eigenvalue weighted by atomic mass is 9.83. The topological polar surface area (TPSA) is 32.8 Å². The minimum absolute atomic E-state index is 0.187. The van der Waals surface area contributed by atoms with E-state index in [1.165, 1.54) is 55.5 Å². The Hall–Kier alpha value is -7.72. The van der Waals surface area contributed by atoms with E-state index in [0.717, 1.165) is 140 Å². The third kappa shape index (κ3) is 8.54. The quantitative estimate of drug-likeness (QED) is 0.0591. The second kappa shape index (κ2) is 19.6. The Labute approximate surface area is 448 Å². The molecule has 4 nitrogen and oxygen atoms in total. The second-order valence-electron chi connectivity index (χ2n) is 21.6. The molecule has 11 aromatic rings. The van der Waals surface area contributed by atoms with Gasteiger partial charge >= 0.3 is 12.4 Å². The Morgan fingerprint density at radius 3 is 1.46 bits per heavy atom. The molecule has 2 saturated carbocycles. The lowest BCUT2D eigenvalue weighted by Crippen LogP contribution is -2.16. The van der Waals surface area contributed by atoms with Crippen LogP contribution in [-0.4, -0.2) is 6.18 Å². The molecule has 0 unspecified atom stereocenters. The highest BCUT2D eigenvalue weighted by molar-refractivity contribution is 6.28. The molecule has 2 aromatic heterocycles. The molecule has 0 saturated heterocycles. The number of benzene rings is 9. The number of rotatable bonds is 10. The molecule has 13 rings (SSSR count). The fraction of sp³-hybridized carbons (Fsp3) is 0.265. The molecule has 2 heterocycles. The summed E-state index contributed by atoms with van der Waals surface area (Å²) in [5.74, 6) is 0.733. The van der Waals surface area contributed by atoms with E-state index in [4.69, 9.17) is 8.83 Å². The van der Waals surface area contributed by atoms with Gasteiger partial charge in [-0.05, 0) is 138 Å². The van der Waals surface area contributed by atoms with Crippen LogP contribution in [0.3, 0.4) is 0 Å². The van der Waals surface area contributed by atoms with Gasteiger partial charge in [0.2, 0.25) is 0 Å². The minimum atomic E-state index is -4.54. The van der Waals surface area contributed by atoms with Crippen molar-refractivity contribution in [3.05, 3.63) is 186 Å². The zero-order valence-corrected chi connectivity index (χ0v) is 43.6. The van der Waals surface area contributed by atoms with Crippen molar-refractivity contribution in [1.82, 2.24) is 0 Å². The monoisotopic (exact) mass is 1050 g/mol. The van der Waals surface area contributed by atoms with Crippen LogP contribution in [0.2, 0.25) is 0 Å². The van der Waals surface area contributed by atoms with Gasteiger partial charge in [0.15, 0.2) is 11.2 Å². The summed E-state index contributed by atoms with van der Waals surface area (Å²) in [4.78, 5) is 4.04. The average molecular weight is 1050 g/mol. The second-order valence-corrected chi connectivity index (χ2v) is 21.6. The van der Waals surface area contributed by atoms with Crippen molar-refractivity contribution in [2.75, 3.05) is 9.80 Å². The Balaban J connectivity index is 1.04. The minimum Gasteiger partial charge on any atom is -0.454 e. The van der Waals surface area contributed by atoms with Crippen molar-refractivity contribution < 1.29 is 35.2 Å². The van der Waals surface area contributed by atoms with Crippen molar-refractivity contribution >= 4 is 105 Å². The Morgan fingerprint density at radius 1 is 0.474 bits per heavy atom. The van der Waals surface area contributed by atoms with Crippen molar-refractivity contribution in [1.29, 1.82) is 0 Å². The highest BCUT2D eigenvalue weighted by Gasteiger charge is 2.33. The largest absolute Gasteiger partial charge is 0.454 e. The van der Waals surface area contributed by atoms with Crippen LogP contribution in [0.5, 0.6) is 0 Å². The molecular weight excluding hydrogens is 991 g/mol. The molecule has 2 fully saturated rings. The predicted molar refractivity (Wildman–Crippen MR) is 307 cm³/mol. The SMILES string of the molecule is CC/C(=C\C=C(/C)N(c1ccc2ccc3c(N(c4ccc(C(F)(F)F)cc4)c4cccc5c4oc4c(C6CCCCCC6)cccc45)ccc4ccc1c2c43)c1cccc2c1oc1c(C3CCCCC3)cccc12)C(F)(F)F. The van der Waals surface area contributed by atoms with Gasteiger partial charge in [-0.2, -0.15) is 26.3 Å². The smallest absolute Gasteiger partial charge is 0.416 e. The molecule has 0 aliphatic heterocycles. The third-order valence-electron chi connectivity index (χ3n) is 17.1. The van der Waals surface area contributed by atoms with Gasteiger partial charge in [-0.1, -0.05) is 155 Å². The zero-order valence-electron chi connectivity index (χ0n) is 43.6. The van der Waals surface area contributed by atoms with E-state index in [9.17, 15) is 26.3 Å². The molecule has 0 radical (unpaired) electrons. The number of alkyl halides is 6. The van der Waals surface area contributed by atoms with Crippen LogP contribution >= 0.6 is 0 Å². The first-order valence-corrected chi connectivity index (χ1v) is 27.7. The molecule has 10 heteroatoms. The van der Waals surface area contributed by atoms with Gasteiger partial charge in [0.25, 0.3) is 0 Å². The fourth-order valence-corrected chi connectivity index (χ4v) is 13.2. The van der Waals surface area contributed by atoms with E-state index >= 15 is 0 Å². The molecule has 0 N–H and O–H groups in total. The summed E-state index contributed by atoms with van der Waals surface area (Å²) in [5, 5.41) is 9.30. The Kier molecular flexibility index (Phi) is 12.5. The van der Waals surface area contributed by atoms with E-state index in [0.29, 0.717) is 45.8 Å². The van der Waals surface area contributed by atoms with Crippen LogP contribution in [0, 0.1) is 0 Å². The molecular formula is C68H58F6N2O2. The summed E-state index contributed by atoms with van der Waals surface area (Å²) in [6, 6.07) is 46.6. The first-order chi connectivity index (χ1) is 37.9. The standard InChI is InChI=1S/C68H58F6N2O2/c1-3-46(67(69,70)71)32-27-41(2)75(59-25-13-23-53-51-21-11-20-50(63(51)77-65(53)59)43-17-9-6-10-18-43)57-39-30-44-29-38-56-58(40-31-45-28-37-55(57)61(44)62(45)56)76(48-35-33-47(34-36-48)68(72,73)74)60-26-14-24-54-52-22-12-19-49(64(52)78-66(54)60)42-15-7-4-5-8-16-42/h11-14,19-40,42-43H,3-10,15-18H2,1-2H3/b41-27+,46-32+. The lowest BCUT2D eigenvalue weighted by molar-refractivity contribution is -0.137. The number of anilines is 5. The van der Waals surface area contributed by atoms with Crippen molar-refractivity contribution in [3.8, 4) is 0 Å². The maximum Gasteiger partial charge on any atom is 0.416 e. The molecule has 2 aliphatic carbocycles. The van der Waals surface area contributed by atoms with Gasteiger partial charge in [0.1, 0.15) is 11.2 Å². The van der Waals surface area contributed by atoms with Crippen LogP contribution in [0.1, 0.15) is 119 Å². The van der Waals surface area contributed by atoms with Crippen molar-refractivity contribution in [3.63, 3.8) is 0 Å². The normalized spacial score (nSPS) is 16.0. The van der Waals surface area contributed by atoms with Crippen LogP contribution in [0.4, 0.5) is 54.8 Å². The number of hydrogen-bond acceptors (Lipinski definition) is 4. The molecule has 0 spiro atoms. The van der Waals surface area contributed by atoms with Gasteiger partial charge in [-0.25, -0.2) is 0 Å². The molecule has 0 atom stereocenters. The molecule has 78 heavy (non-hydrogen) atoms. The molecule has 0 bridgehead atoms. The molecule has 2 aliphatic rings. The maximum atomic E-state index is 14.4. The molecule has 9 aromatic carbocycles. The number of allylic oxidation sites excluding steroid dienone is 4. The van der Waals surface area contributed by atoms with Gasteiger partial charge in [-0.3, -0.25) is 0 Å². The van der Waals surface area contributed by atoms with E-state index < -0.39 is 23.5 Å². The van der Waals surface area contributed by atoms with Crippen molar-refractivity contribution in [2.24, 2.45) is 0 Å². The Bertz CT molecular complexity index is 4130.